The lowest BCUT2D eigenvalue weighted by Gasteiger charge is -2.21. The van der Waals surface area contributed by atoms with Gasteiger partial charge in [0.15, 0.2) is 10.2 Å². The molecule has 1 fully saturated rings. The van der Waals surface area contributed by atoms with Crippen LogP contribution in [-0.4, -0.2) is 34.8 Å². The summed E-state index contributed by atoms with van der Waals surface area (Å²) in [6, 6.07) is 0.363. The molecule has 0 aromatic heterocycles. The molecule has 1 aliphatic heterocycles. The molecule has 0 aromatic rings. The SMILES string of the molecule is CNC(=S)N1C(=S)NCC1C. The maximum absolute atomic E-state index is 5.06. The molecule has 11 heavy (non-hydrogen) atoms. The van der Waals surface area contributed by atoms with Crippen LogP contribution >= 0.6 is 24.4 Å². The molecule has 0 bridgehead atoms. The van der Waals surface area contributed by atoms with Gasteiger partial charge in [0.1, 0.15) is 0 Å². The largest absolute Gasteiger partial charge is 0.365 e. The highest BCUT2D eigenvalue weighted by atomic mass is 32.1. The molecule has 0 aliphatic carbocycles. The van der Waals surface area contributed by atoms with Crippen LogP contribution in [0.4, 0.5) is 0 Å². The van der Waals surface area contributed by atoms with Gasteiger partial charge in [0.2, 0.25) is 0 Å². The summed E-state index contributed by atoms with van der Waals surface area (Å²) in [6.07, 6.45) is 0. The van der Waals surface area contributed by atoms with Gasteiger partial charge in [0.05, 0.1) is 6.04 Å². The first kappa shape index (κ1) is 8.67. The lowest BCUT2D eigenvalue weighted by Crippen LogP contribution is -2.43. The van der Waals surface area contributed by atoms with Gasteiger partial charge in [0.25, 0.3) is 0 Å². The van der Waals surface area contributed by atoms with E-state index in [1.807, 2.05) is 4.90 Å². The minimum Gasteiger partial charge on any atom is -0.365 e. The second-order valence-electron chi connectivity index (χ2n) is 2.46. The number of hydrogen-bond acceptors (Lipinski definition) is 2. The fourth-order valence-corrected chi connectivity index (χ4v) is 1.71. The molecule has 1 atom stereocenters. The van der Waals surface area contributed by atoms with Crippen LogP contribution in [0.15, 0.2) is 0 Å². The van der Waals surface area contributed by atoms with Crippen molar-refractivity contribution in [3.8, 4) is 0 Å². The van der Waals surface area contributed by atoms with E-state index < -0.39 is 0 Å². The van der Waals surface area contributed by atoms with Crippen molar-refractivity contribution in [3.05, 3.63) is 0 Å². The van der Waals surface area contributed by atoms with Crippen molar-refractivity contribution in [3.63, 3.8) is 0 Å². The average Bonchev–Trinajstić information content (AvgIpc) is 2.30. The summed E-state index contributed by atoms with van der Waals surface area (Å²) < 4.78 is 0. The van der Waals surface area contributed by atoms with Crippen LogP contribution in [-0.2, 0) is 0 Å². The normalized spacial score (nSPS) is 23.3. The van der Waals surface area contributed by atoms with Crippen molar-refractivity contribution in [2.75, 3.05) is 13.6 Å². The van der Waals surface area contributed by atoms with Crippen molar-refractivity contribution < 1.29 is 0 Å². The van der Waals surface area contributed by atoms with E-state index in [2.05, 4.69) is 17.6 Å². The van der Waals surface area contributed by atoms with Crippen LogP contribution in [0, 0.1) is 0 Å². The van der Waals surface area contributed by atoms with Crippen LogP contribution in [0.25, 0.3) is 0 Å². The molecule has 0 aromatic carbocycles. The van der Waals surface area contributed by atoms with Crippen LogP contribution < -0.4 is 10.6 Å². The number of rotatable bonds is 0. The summed E-state index contributed by atoms with van der Waals surface area (Å²) in [5, 5.41) is 7.37. The zero-order valence-electron chi connectivity index (χ0n) is 6.55. The molecule has 0 saturated carbocycles. The summed E-state index contributed by atoms with van der Waals surface area (Å²) in [5.41, 5.74) is 0. The molecule has 3 nitrogen and oxygen atoms in total. The van der Waals surface area contributed by atoms with Crippen molar-refractivity contribution >= 4 is 34.7 Å². The third-order valence-electron chi connectivity index (χ3n) is 1.64. The van der Waals surface area contributed by atoms with Gasteiger partial charge in [-0.3, -0.25) is 4.90 Å². The predicted molar refractivity (Wildman–Crippen MR) is 53.6 cm³/mol. The second-order valence-corrected chi connectivity index (χ2v) is 3.23. The van der Waals surface area contributed by atoms with Crippen LogP contribution in [0.2, 0.25) is 0 Å². The quantitative estimate of drug-likeness (QED) is 0.526. The third kappa shape index (κ3) is 1.59. The fourth-order valence-electron chi connectivity index (χ4n) is 1.02. The average molecular weight is 189 g/mol. The van der Waals surface area contributed by atoms with Gasteiger partial charge < -0.3 is 10.6 Å². The highest BCUT2D eigenvalue weighted by Gasteiger charge is 2.26. The Balaban J connectivity index is 2.68. The number of nitrogens with one attached hydrogen (secondary N) is 2. The lowest BCUT2D eigenvalue weighted by molar-refractivity contribution is 0.521. The maximum Gasteiger partial charge on any atom is 0.175 e. The summed E-state index contributed by atoms with van der Waals surface area (Å²) in [5.74, 6) is 0. The number of hydrogen-bond donors (Lipinski definition) is 2. The maximum atomic E-state index is 5.06. The molecule has 1 aliphatic rings. The number of thiocarbonyl (C=S) groups is 2. The van der Waals surface area contributed by atoms with Gasteiger partial charge in [-0.25, -0.2) is 0 Å². The summed E-state index contributed by atoms with van der Waals surface area (Å²) in [6.45, 7) is 2.95. The molecular weight excluding hydrogens is 178 g/mol. The van der Waals surface area contributed by atoms with E-state index in [9.17, 15) is 0 Å². The Labute approximate surface area is 77.1 Å². The molecule has 1 unspecified atom stereocenters. The standard InChI is InChI=1S/C6H11N3S2/c1-4-3-8-6(11)9(4)5(10)7-2/h4H,3H2,1-2H3,(H,7,10)(H,8,11). The fraction of sp³-hybridized carbons (Fsp3) is 0.667. The summed E-state index contributed by atoms with van der Waals surface area (Å²) in [4.78, 5) is 1.91. The number of nitrogens with zero attached hydrogens (tertiary/aromatic N) is 1. The predicted octanol–water partition coefficient (Wildman–Crippen LogP) is 0.0693. The Hall–Kier alpha value is -0.420. The molecule has 2 N–H and O–H groups in total. The summed E-state index contributed by atoms with van der Waals surface area (Å²) in [7, 11) is 1.80. The first-order chi connectivity index (χ1) is 5.16. The van der Waals surface area contributed by atoms with Crippen molar-refractivity contribution in [2.45, 2.75) is 13.0 Å². The molecule has 0 spiro atoms. The van der Waals surface area contributed by atoms with Gasteiger partial charge >= 0.3 is 0 Å². The highest BCUT2D eigenvalue weighted by molar-refractivity contribution is 7.81. The summed E-state index contributed by atoms with van der Waals surface area (Å²) >= 11 is 10.1. The Bertz CT molecular complexity index is 192. The van der Waals surface area contributed by atoms with E-state index in [-0.39, 0.29) is 0 Å². The molecule has 1 saturated heterocycles. The van der Waals surface area contributed by atoms with E-state index in [0.717, 1.165) is 11.7 Å². The minimum atomic E-state index is 0.363. The van der Waals surface area contributed by atoms with E-state index in [1.54, 1.807) is 7.05 Å². The molecule has 1 heterocycles. The van der Waals surface area contributed by atoms with E-state index in [1.165, 1.54) is 0 Å². The van der Waals surface area contributed by atoms with Crippen LogP contribution in [0.3, 0.4) is 0 Å². The van der Waals surface area contributed by atoms with Gasteiger partial charge in [0, 0.05) is 13.6 Å². The Morgan fingerprint density at radius 1 is 1.82 bits per heavy atom. The molecule has 0 radical (unpaired) electrons. The van der Waals surface area contributed by atoms with Gasteiger partial charge in [-0.2, -0.15) is 0 Å². The van der Waals surface area contributed by atoms with Gasteiger partial charge in [-0.1, -0.05) is 0 Å². The lowest BCUT2D eigenvalue weighted by atomic mass is 10.3. The third-order valence-corrected chi connectivity index (χ3v) is 2.38. The van der Waals surface area contributed by atoms with E-state index in [4.69, 9.17) is 24.4 Å². The van der Waals surface area contributed by atoms with Crippen LogP contribution in [0.1, 0.15) is 6.92 Å². The molecule has 0 amide bonds. The molecule has 1 rings (SSSR count). The van der Waals surface area contributed by atoms with Crippen molar-refractivity contribution in [1.82, 2.24) is 15.5 Å². The second kappa shape index (κ2) is 3.32. The smallest absolute Gasteiger partial charge is 0.175 e. The zero-order chi connectivity index (χ0) is 8.43. The first-order valence-corrected chi connectivity index (χ1v) is 4.27. The zero-order valence-corrected chi connectivity index (χ0v) is 8.18. The first-order valence-electron chi connectivity index (χ1n) is 3.45. The van der Waals surface area contributed by atoms with Gasteiger partial charge in [-0.05, 0) is 31.4 Å². The van der Waals surface area contributed by atoms with E-state index >= 15 is 0 Å². The monoisotopic (exact) mass is 189 g/mol. The molecule has 62 valence electrons. The van der Waals surface area contributed by atoms with E-state index in [0.29, 0.717) is 11.2 Å². The van der Waals surface area contributed by atoms with Crippen molar-refractivity contribution in [1.29, 1.82) is 0 Å². The Morgan fingerprint density at radius 2 is 2.45 bits per heavy atom. The highest BCUT2D eigenvalue weighted by Crippen LogP contribution is 2.06. The van der Waals surface area contributed by atoms with Crippen molar-refractivity contribution in [2.24, 2.45) is 0 Å². The van der Waals surface area contributed by atoms with Gasteiger partial charge in [-0.15, -0.1) is 0 Å². The topological polar surface area (TPSA) is 27.3 Å². The minimum absolute atomic E-state index is 0.363. The Kier molecular flexibility index (Phi) is 2.62. The molecule has 5 heteroatoms. The van der Waals surface area contributed by atoms with Crippen LogP contribution in [0.5, 0.6) is 0 Å². The molecular formula is C6H11N3S2. The Morgan fingerprint density at radius 3 is 2.82 bits per heavy atom.